The Morgan fingerprint density at radius 1 is 1.35 bits per heavy atom. The highest BCUT2D eigenvalue weighted by Crippen LogP contribution is 2.27. The maximum Gasteiger partial charge on any atom is 0.257 e. The second-order valence-corrected chi connectivity index (χ2v) is 5.34. The first-order valence-electron chi connectivity index (χ1n) is 5.61. The van der Waals surface area contributed by atoms with E-state index < -0.39 is 11.2 Å². The molecule has 0 saturated carbocycles. The molecular formula is C13H8ClNO4S. The number of halogens is 1. The van der Waals surface area contributed by atoms with Crippen molar-refractivity contribution in [3.8, 4) is 5.75 Å². The predicted octanol–water partition coefficient (Wildman–Crippen LogP) is 3.43. The summed E-state index contributed by atoms with van der Waals surface area (Å²) in [4.78, 5) is 15.5. The van der Waals surface area contributed by atoms with E-state index in [1.807, 2.05) is 0 Å². The summed E-state index contributed by atoms with van der Waals surface area (Å²) in [6, 6.07) is 6.42. The second-order valence-electron chi connectivity index (χ2n) is 3.98. The van der Waals surface area contributed by atoms with Crippen LogP contribution in [0.2, 0.25) is 5.02 Å². The molecule has 5 nitrogen and oxygen atoms in total. The third kappa shape index (κ3) is 2.66. The van der Waals surface area contributed by atoms with Crippen LogP contribution in [-0.4, -0.2) is 10.1 Å². The summed E-state index contributed by atoms with van der Waals surface area (Å²) < 4.78 is 10.6. The van der Waals surface area contributed by atoms with Gasteiger partial charge >= 0.3 is 0 Å². The molecule has 2 heterocycles. The molecule has 0 aliphatic heterocycles. The SMILES string of the molecule is O=c1cc(CSc2nc3cc(Cl)ccc3o2)occ1O. The standard InChI is InChI=1S/C13H8ClNO4S/c14-7-1-2-12-9(3-7)15-13(19-12)20-6-8-4-10(16)11(17)5-18-8/h1-5,17H,6H2. The molecule has 0 amide bonds. The number of benzene rings is 1. The molecule has 1 aromatic carbocycles. The third-order valence-corrected chi connectivity index (χ3v) is 3.62. The van der Waals surface area contributed by atoms with Crippen LogP contribution >= 0.6 is 23.4 Å². The van der Waals surface area contributed by atoms with Crippen LogP contribution in [0.3, 0.4) is 0 Å². The van der Waals surface area contributed by atoms with Gasteiger partial charge in [-0.1, -0.05) is 23.4 Å². The molecule has 0 radical (unpaired) electrons. The van der Waals surface area contributed by atoms with Crippen molar-refractivity contribution in [1.82, 2.24) is 4.98 Å². The molecule has 20 heavy (non-hydrogen) atoms. The van der Waals surface area contributed by atoms with Gasteiger partial charge in [-0.15, -0.1) is 0 Å². The lowest BCUT2D eigenvalue weighted by molar-refractivity contribution is 0.418. The van der Waals surface area contributed by atoms with Gasteiger partial charge in [-0.05, 0) is 18.2 Å². The summed E-state index contributed by atoms with van der Waals surface area (Å²) in [5.41, 5.74) is 0.840. The van der Waals surface area contributed by atoms with Crippen molar-refractivity contribution >= 4 is 34.5 Å². The second kappa shape index (κ2) is 5.22. The Morgan fingerprint density at radius 2 is 2.20 bits per heavy atom. The minimum atomic E-state index is -0.476. The molecule has 2 aromatic heterocycles. The largest absolute Gasteiger partial charge is 0.502 e. The first-order chi connectivity index (χ1) is 9.61. The van der Waals surface area contributed by atoms with Crippen molar-refractivity contribution < 1.29 is 13.9 Å². The van der Waals surface area contributed by atoms with Gasteiger partial charge in [-0.2, -0.15) is 0 Å². The average Bonchev–Trinajstić information content (AvgIpc) is 2.82. The summed E-state index contributed by atoms with van der Waals surface area (Å²) in [6.45, 7) is 0. The maximum atomic E-state index is 11.3. The molecule has 1 N–H and O–H groups in total. The van der Waals surface area contributed by atoms with E-state index in [2.05, 4.69) is 4.98 Å². The molecule has 0 fully saturated rings. The molecule has 0 spiro atoms. The fourth-order valence-corrected chi connectivity index (χ4v) is 2.49. The Balaban J connectivity index is 1.79. The third-order valence-electron chi connectivity index (χ3n) is 2.53. The van der Waals surface area contributed by atoms with E-state index in [-0.39, 0.29) is 0 Å². The van der Waals surface area contributed by atoms with E-state index in [1.54, 1.807) is 18.2 Å². The molecular weight excluding hydrogens is 302 g/mol. The zero-order valence-corrected chi connectivity index (χ0v) is 11.6. The minimum Gasteiger partial charge on any atom is -0.502 e. The van der Waals surface area contributed by atoms with Gasteiger partial charge < -0.3 is 13.9 Å². The van der Waals surface area contributed by atoms with Crippen molar-refractivity contribution in [3.63, 3.8) is 0 Å². The maximum absolute atomic E-state index is 11.3. The number of fused-ring (bicyclic) bond motifs is 1. The zero-order chi connectivity index (χ0) is 14.1. The summed E-state index contributed by atoms with van der Waals surface area (Å²) in [7, 11) is 0. The van der Waals surface area contributed by atoms with Crippen molar-refractivity contribution in [2.45, 2.75) is 11.0 Å². The van der Waals surface area contributed by atoms with Crippen LogP contribution in [0.5, 0.6) is 5.75 Å². The highest BCUT2D eigenvalue weighted by molar-refractivity contribution is 7.98. The molecule has 0 aliphatic rings. The lowest BCUT2D eigenvalue weighted by Crippen LogP contribution is -1.98. The van der Waals surface area contributed by atoms with Crippen molar-refractivity contribution in [2.75, 3.05) is 0 Å². The summed E-state index contributed by atoms with van der Waals surface area (Å²) in [5.74, 6) is 0.393. The number of aromatic hydroxyl groups is 1. The Morgan fingerprint density at radius 3 is 3.00 bits per heavy atom. The molecule has 0 atom stereocenters. The number of oxazole rings is 1. The number of hydrogen-bond donors (Lipinski definition) is 1. The molecule has 0 unspecified atom stereocenters. The van der Waals surface area contributed by atoms with Crippen LogP contribution in [0.1, 0.15) is 5.76 Å². The smallest absolute Gasteiger partial charge is 0.257 e. The fourth-order valence-electron chi connectivity index (χ4n) is 1.59. The van der Waals surface area contributed by atoms with Gasteiger partial charge in [0.05, 0.1) is 5.75 Å². The Bertz CT molecular complexity index is 827. The Labute approximate surface area is 122 Å². The number of aromatic nitrogens is 1. The van der Waals surface area contributed by atoms with Crippen molar-refractivity contribution in [1.29, 1.82) is 0 Å². The molecule has 102 valence electrons. The van der Waals surface area contributed by atoms with Crippen LogP contribution in [-0.2, 0) is 5.75 Å². The van der Waals surface area contributed by atoms with E-state index in [0.29, 0.717) is 32.9 Å². The lowest BCUT2D eigenvalue weighted by atomic mass is 10.3. The molecule has 0 bridgehead atoms. The fraction of sp³-hybridized carbons (Fsp3) is 0.0769. The monoisotopic (exact) mass is 309 g/mol. The van der Waals surface area contributed by atoms with E-state index in [9.17, 15) is 4.79 Å². The summed E-state index contributed by atoms with van der Waals surface area (Å²) in [6.07, 6.45) is 1.02. The summed E-state index contributed by atoms with van der Waals surface area (Å²) in [5, 5.41) is 10.1. The van der Waals surface area contributed by atoms with Gasteiger partial charge in [0, 0.05) is 11.1 Å². The summed E-state index contributed by atoms with van der Waals surface area (Å²) >= 11 is 7.16. The van der Waals surface area contributed by atoms with Crippen LogP contribution in [0.4, 0.5) is 0 Å². The number of nitrogens with zero attached hydrogens (tertiary/aromatic N) is 1. The van der Waals surface area contributed by atoms with Crippen LogP contribution in [0, 0.1) is 0 Å². The molecule has 3 rings (SSSR count). The van der Waals surface area contributed by atoms with E-state index in [4.69, 9.17) is 25.5 Å². The van der Waals surface area contributed by atoms with E-state index in [1.165, 1.54) is 17.8 Å². The minimum absolute atomic E-state index is 0.371. The lowest BCUT2D eigenvalue weighted by Gasteiger charge is -1.97. The van der Waals surface area contributed by atoms with Crippen LogP contribution in [0.15, 0.2) is 49.4 Å². The highest BCUT2D eigenvalue weighted by atomic mass is 35.5. The van der Waals surface area contributed by atoms with Gasteiger partial charge in [0.15, 0.2) is 11.3 Å². The first-order valence-corrected chi connectivity index (χ1v) is 6.98. The van der Waals surface area contributed by atoms with Crippen molar-refractivity contribution in [2.24, 2.45) is 0 Å². The normalized spacial score (nSPS) is 11.1. The molecule has 3 aromatic rings. The Hall–Kier alpha value is -1.92. The van der Waals surface area contributed by atoms with Gasteiger partial charge in [-0.25, -0.2) is 4.98 Å². The number of thioether (sulfide) groups is 1. The van der Waals surface area contributed by atoms with Gasteiger partial charge in [-0.3, -0.25) is 4.79 Å². The molecule has 0 saturated heterocycles. The predicted molar refractivity (Wildman–Crippen MR) is 75.2 cm³/mol. The van der Waals surface area contributed by atoms with Gasteiger partial charge in [0.2, 0.25) is 5.43 Å². The van der Waals surface area contributed by atoms with E-state index >= 15 is 0 Å². The van der Waals surface area contributed by atoms with E-state index in [0.717, 1.165) is 6.26 Å². The quantitative estimate of drug-likeness (QED) is 0.747. The first kappa shape index (κ1) is 13.1. The number of rotatable bonds is 3. The average molecular weight is 310 g/mol. The number of hydrogen-bond acceptors (Lipinski definition) is 6. The van der Waals surface area contributed by atoms with Crippen molar-refractivity contribution in [3.05, 3.63) is 51.5 Å². The molecule has 0 aliphatic carbocycles. The highest BCUT2D eigenvalue weighted by Gasteiger charge is 2.09. The van der Waals surface area contributed by atoms with Crippen LogP contribution in [0.25, 0.3) is 11.1 Å². The zero-order valence-electron chi connectivity index (χ0n) is 10.00. The van der Waals surface area contributed by atoms with Gasteiger partial charge in [0.25, 0.3) is 5.22 Å². The Kier molecular flexibility index (Phi) is 3.42. The van der Waals surface area contributed by atoms with Gasteiger partial charge in [0.1, 0.15) is 17.5 Å². The molecule has 7 heteroatoms. The topological polar surface area (TPSA) is 76.5 Å². The van der Waals surface area contributed by atoms with Crippen LogP contribution < -0.4 is 5.43 Å².